The number of benzene rings is 2. The van der Waals surface area contributed by atoms with Gasteiger partial charge >= 0.3 is 0 Å². The van der Waals surface area contributed by atoms with Gasteiger partial charge in [0.15, 0.2) is 0 Å². The Morgan fingerprint density at radius 2 is 1.96 bits per heavy atom. The van der Waals surface area contributed by atoms with Gasteiger partial charge in [-0.15, -0.1) is 0 Å². The summed E-state index contributed by atoms with van der Waals surface area (Å²) < 4.78 is 0. The van der Waals surface area contributed by atoms with Gasteiger partial charge in [-0.1, -0.05) is 35.9 Å². The highest BCUT2D eigenvalue weighted by molar-refractivity contribution is 6.30. The maximum absolute atomic E-state index is 13.1. The molecule has 144 valence electrons. The molecule has 6 nitrogen and oxygen atoms in total. The molecule has 7 heteroatoms. The number of hydrogen-bond donors (Lipinski definition) is 1. The summed E-state index contributed by atoms with van der Waals surface area (Å²) in [6.45, 7) is 2.04. The molecule has 0 radical (unpaired) electrons. The largest absolute Gasteiger partial charge is 0.350 e. The fraction of sp³-hybridized carbons (Fsp3) is 0.286. The number of nitrogens with one attached hydrogen (secondary N) is 1. The molecule has 2 aromatic rings. The lowest BCUT2D eigenvalue weighted by molar-refractivity contribution is -0.124. The minimum absolute atomic E-state index is 0.0354. The Bertz CT molecular complexity index is 977. The number of carbonyl (C=O) groups excluding carboxylic acids is 3. The van der Waals surface area contributed by atoms with E-state index in [1.807, 2.05) is 25.1 Å². The SMILES string of the molecule is CC12CCC(=O)N1c1ccccc1C(=O)N2CC(=O)NCc1cccc(Cl)c1. The van der Waals surface area contributed by atoms with Crippen molar-refractivity contribution in [3.05, 3.63) is 64.7 Å². The minimum Gasteiger partial charge on any atom is -0.350 e. The highest BCUT2D eigenvalue weighted by Gasteiger charge is 2.53. The fourth-order valence-corrected chi connectivity index (χ4v) is 4.20. The van der Waals surface area contributed by atoms with Crippen LogP contribution >= 0.6 is 11.6 Å². The first-order valence-corrected chi connectivity index (χ1v) is 9.53. The molecule has 28 heavy (non-hydrogen) atoms. The van der Waals surface area contributed by atoms with Crippen molar-refractivity contribution >= 4 is 35.0 Å². The predicted octanol–water partition coefficient (Wildman–Crippen LogP) is 2.96. The van der Waals surface area contributed by atoms with E-state index in [1.54, 1.807) is 35.2 Å². The number of nitrogens with zero attached hydrogens (tertiary/aromatic N) is 2. The summed E-state index contributed by atoms with van der Waals surface area (Å²) in [7, 11) is 0. The summed E-state index contributed by atoms with van der Waals surface area (Å²) in [5.41, 5.74) is 1.10. The Morgan fingerprint density at radius 1 is 1.18 bits per heavy atom. The van der Waals surface area contributed by atoms with Crippen LogP contribution in [0.5, 0.6) is 0 Å². The van der Waals surface area contributed by atoms with Crippen molar-refractivity contribution in [3.63, 3.8) is 0 Å². The lowest BCUT2D eigenvalue weighted by Crippen LogP contribution is -2.63. The summed E-state index contributed by atoms with van der Waals surface area (Å²) in [6.07, 6.45) is 0.840. The monoisotopic (exact) mass is 397 g/mol. The Balaban J connectivity index is 1.56. The second-order valence-electron chi connectivity index (χ2n) is 7.26. The molecule has 1 atom stereocenters. The zero-order valence-corrected chi connectivity index (χ0v) is 16.2. The van der Waals surface area contributed by atoms with E-state index in [1.165, 1.54) is 4.90 Å². The second kappa shape index (κ2) is 6.95. The summed E-state index contributed by atoms with van der Waals surface area (Å²) in [5, 5.41) is 3.43. The maximum Gasteiger partial charge on any atom is 0.258 e. The van der Waals surface area contributed by atoms with Gasteiger partial charge in [-0.2, -0.15) is 0 Å². The van der Waals surface area contributed by atoms with Crippen LogP contribution < -0.4 is 10.2 Å². The van der Waals surface area contributed by atoms with Crippen molar-refractivity contribution in [2.75, 3.05) is 11.4 Å². The van der Waals surface area contributed by atoms with Crippen LogP contribution in [0.15, 0.2) is 48.5 Å². The van der Waals surface area contributed by atoms with Gasteiger partial charge in [-0.25, -0.2) is 0 Å². The van der Waals surface area contributed by atoms with Crippen molar-refractivity contribution in [2.45, 2.75) is 32.0 Å². The van der Waals surface area contributed by atoms with Crippen LogP contribution in [0.1, 0.15) is 35.7 Å². The highest BCUT2D eigenvalue weighted by atomic mass is 35.5. The van der Waals surface area contributed by atoms with E-state index in [0.29, 0.717) is 35.7 Å². The van der Waals surface area contributed by atoms with E-state index >= 15 is 0 Å². The van der Waals surface area contributed by atoms with Gasteiger partial charge in [0.05, 0.1) is 11.3 Å². The number of carbonyl (C=O) groups is 3. The molecule has 0 aromatic heterocycles. The second-order valence-corrected chi connectivity index (χ2v) is 7.70. The molecule has 0 spiro atoms. The quantitative estimate of drug-likeness (QED) is 0.862. The number of amides is 3. The molecule has 1 N–H and O–H groups in total. The van der Waals surface area contributed by atoms with Crippen LogP contribution in [-0.4, -0.2) is 34.8 Å². The summed E-state index contributed by atoms with van der Waals surface area (Å²) in [6, 6.07) is 14.3. The Labute approximate surface area is 168 Å². The number of hydrogen-bond acceptors (Lipinski definition) is 3. The zero-order chi connectivity index (χ0) is 19.9. The number of rotatable bonds is 4. The van der Waals surface area contributed by atoms with Gasteiger partial charge in [0.2, 0.25) is 11.8 Å². The Kier molecular flexibility index (Phi) is 4.59. The van der Waals surface area contributed by atoms with Crippen molar-refractivity contribution < 1.29 is 14.4 Å². The molecule has 2 aromatic carbocycles. The van der Waals surface area contributed by atoms with Crippen LogP contribution in [0.2, 0.25) is 5.02 Å². The molecule has 1 fully saturated rings. The van der Waals surface area contributed by atoms with Gasteiger partial charge in [-0.3, -0.25) is 19.3 Å². The molecule has 2 aliphatic rings. The summed E-state index contributed by atoms with van der Waals surface area (Å²) >= 11 is 5.97. The van der Waals surface area contributed by atoms with Crippen LogP contribution in [0, 0.1) is 0 Å². The number of anilines is 1. The zero-order valence-electron chi connectivity index (χ0n) is 15.4. The molecule has 0 bridgehead atoms. The average Bonchev–Trinajstić information content (AvgIpc) is 2.99. The third kappa shape index (κ3) is 3.03. The van der Waals surface area contributed by atoms with Gasteiger partial charge in [0.25, 0.3) is 5.91 Å². The Morgan fingerprint density at radius 3 is 2.75 bits per heavy atom. The fourth-order valence-electron chi connectivity index (χ4n) is 3.99. The lowest BCUT2D eigenvalue weighted by atomic mass is 9.98. The van der Waals surface area contributed by atoms with Gasteiger partial charge < -0.3 is 10.2 Å². The van der Waals surface area contributed by atoms with E-state index in [4.69, 9.17) is 11.6 Å². The topological polar surface area (TPSA) is 69.7 Å². The summed E-state index contributed by atoms with van der Waals surface area (Å²) in [4.78, 5) is 41.4. The predicted molar refractivity (Wildman–Crippen MR) is 106 cm³/mol. The first-order valence-electron chi connectivity index (χ1n) is 9.15. The van der Waals surface area contributed by atoms with E-state index in [0.717, 1.165) is 5.56 Å². The van der Waals surface area contributed by atoms with Crippen molar-refractivity contribution in [1.29, 1.82) is 0 Å². The molecule has 1 unspecified atom stereocenters. The van der Waals surface area contributed by atoms with Gasteiger partial charge in [0, 0.05) is 18.0 Å². The molecule has 3 amide bonds. The van der Waals surface area contributed by atoms with Gasteiger partial charge in [0.1, 0.15) is 12.2 Å². The van der Waals surface area contributed by atoms with E-state index in [2.05, 4.69) is 5.32 Å². The molecule has 2 aliphatic heterocycles. The average molecular weight is 398 g/mol. The minimum atomic E-state index is -0.837. The first kappa shape index (κ1) is 18.5. The third-order valence-corrected chi connectivity index (χ3v) is 5.66. The molecule has 2 heterocycles. The number of para-hydroxylation sites is 1. The van der Waals surface area contributed by atoms with Crippen LogP contribution in [0.4, 0.5) is 5.69 Å². The van der Waals surface area contributed by atoms with Gasteiger partial charge in [-0.05, 0) is 43.2 Å². The van der Waals surface area contributed by atoms with E-state index in [-0.39, 0.29) is 24.3 Å². The smallest absolute Gasteiger partial charge is 0.258 e. The van der Waals surface area contributed by atoms with Crippen LogP contribution in [-0.2, 0) is 16.1 Å². The normalized spacial score (nSPS) is 20.8. The van der Waals surface area contributed by atoms with Crippen molar-refractivity contribution in [1.82, 2.24) is 10.2 Å². The molecule has 4 rings (SSSR count). The van der Waals surface area contributed by atoms with Crippen LogP contribution in [0.25, 0.3) is 0 Å². The first-order chi connectivity index (χ1) is 13.4. The number of halogens is 1. The molecular formula is C21H20ClN3O3. The third-order valence-electron chi connectivity index (χ3n) is 5.43. The highest BCUT2D eigenvalue weighted by Crippen LogP contribution is 2.43. The Hall–Kier alpha value is -2.86. The maximum atomic E-state index is 13.1. The molecule has 0 saturated carbocycles. The molecule has 0 aliphatic carbocycles. The van der Waals surface area contributed by atoms with Crippen molar-refractivity contribution in [2.24, 2.45) is 0 Å². The van der Waals surface area contributed by atoms with Crippen molar-refractivity contribution in [3.8, 4) is 0 Å². The number of fused-ring (bicyclic) bond motifs is 3. The van der Waals surface area contributed by atoms with E-state index < -0.39 is 5.66 Å². The lowest BCUT2D eigenvalue weighted by Gasteiger charge is -2.48. The molecule has 1 saturated heterocycles. The molecular weight excluding hydrogens is 378 g/mol. The standard InChI is InChI=1S/C21H20ClN3O3/c1-21-10-9-19(27)25(21)17-8-3-2-7-16(17)20(28)24(21)13-18(26)23-12-14-5-4-6-15(22)11-14/h2-8,11H,9-10,12-13H2,1H3,(H,23,26). The summed E-state index contributed by atoms with van der Waals surface area (Å²) in [5.74, 6) is -0.554. The van der Waals surface area contributed by atoms with Crippen LogP contribution in [0.3, 0.4) is 0 Å². The van der Waals surface area contributed by atoms with E-state index in [9.17, 15) is 14.4 Å².